The van der Waals surface area contributed by atoms with E-state index in [4.69, 9.17) is 16.7 Å². The molecule has 0 aromatic heterocycles. The van der Waals surface area contributed by atoms with Gasteiger partial charge in [0.15, 0.2) is 5.71 Å². The monoisotopic (exact) mass is 201 g/mol. The molecule has 0 rings (SSSR count). The van der Waals surface area contributed by atoms with Crippen LogP contribution in [0.2, 0.25) is 0 Å². The van der Waals surface area contributed by atoms with Crippen LogP contribution in [0, 0.1) is 5.92 Å². The number of halogens is 1. The molecule has 0 fully saturated rings. The van der Waals surface area contributed by atoms with Crippen molar-refractivity contribution in [3.8, 4) is 0 Å². The Labute approximate surface area is 82.4 Å². The smallest absolute Gasteiger partial charge is 0.354 e. The molecule has 0 aromatic rings. The van der Waals surface area contributed by atoms with E-state index in [1.807, 2.05) is 13.8 Å². The van der Waals surface area contributed by atoms with E-state index in [-0.39, 0.29) is 16.8 Å². The molecule has 0 unspecified atom stereocenters. The SMILES string of the molecule is C=C(Cl)/N=C(\C(=C)C(C)C)C(=O)O. The topological polar surface area (TPSA) is 49.7 Å². The highest BCUT2D eigenvalue weighted by Gasteiger charge is 2.16. The summed E-state index contributed by atoms with van der Waals surface area (Å²) in [6.07, 6.45) is 0. The molecule has 4 heteroatoms. The summed E-state index contributed by atoms with van der Waals surface area (Å²) in [6.45, 7) is 10.6. The molecule has 72 valence electrons. The van der Waals surface area contributed by atoms with Gasteiger partial charge in [-0.05, 0) is 11.5 Å². The molecule has 0 bridgehead atoms. The van der Waals surface area contributed by atoms with Crippen molar-refractivity contribution in [2.24, 2.45) is 10.9 Å². The fraction of sp³-hybridized carbons (Fsp3) is 0.333. The van der Waals surface area contributed by atoms with Gasteiger partial charge >= 0.3 is 5.97 Å². The van der Waals surface area contributed by atoms with Crippen LogP contribution in [0.1, 0.15) is 13.8 Å². The third kappa shape index (κ3) is 3.90. The third-order valence-corrected chi connectivity index (χ3v) is 1.52. The van der Waals surface area contributed by atoms with E-state index >= 15 is 0 Å². The Balaban J connectivity index is 4.94. The summed E-state index contributed by atoms with van der Waals surface area (Å²) in [5.41, 5.74) is 0.310. The minimum absolute atomic E-state index is 0.0193. The Morgan fingerprint density at radius 3 is 2.15 bits per heavy atom. The molecular formula is C9H12ClNO2. The normalized spacial score (nSPS) is 11.5. The highest BCUT2D eigenvalue weighted by molar-refractivity contribution is 6.44. The van der Waals surface area contributed by atoms with E-state index in [0.29, 0.717) is 5.57 Å². The van der Waals surface area contributed by atoms with E-state index in [9.17, 15) is 4.79 Å². The lowest BCUT2D eigenvalue weighted by Crippen LogP contribution is -2.18. The van der Waals surface area contributed by atoms with Crippen molar-refractivity contribution in [1.29, 1.82) is 0 Å². The molecule has 0 saturated heterocycles. The van der Waals surface area contributed by atoms with E-state index in [1.165, 1.54) is 0 Å². The Hall–Kier alpha value is -1.09. The van der Waals surface area contributed by atoms with Crippen molar-refractivity contribution in [2.75, 3.05) is 0 Å². The van der Waals surface area contributed by atoms with Crippen molar-refractivity contribution < 1.29 is 9.90 Å². The van der Waals surface area contributed by atoms with Gasteiger partial charge in [-0.1, -0.05) is 38.6 Å². The molecule has 3 nitrogen and oxygen atoms in total. The molecule has 1 N–H and O–H groups in total. The summed E-state index contributed by atoms with van der Waals surface area (Å²) in [5.74, 6) is -1.12. The maximum Gasteiger partial charge on any atom is 0.354 e. The molecule has 0 aliphatic carbocycles. The quantitative estimate of drug-likeness (QED) is 0.561. The molecular weight excluding hydrogens is 190 g/mol. The molecule has 13 heavy (non-hydrogen) atoms. The minimum Gasteiger partial charge on any atom is -0.477 e. The number of aliphatic carboxylic acids is 1. The molecule has 0 amide bonds. The Kier molecular flexibility index (Phi) is 4.42. The first-order valence-corrected chi connectivity index (χ1v) is 4.09. The second kappa shape index (κ2) is 4.82. The first kappa shape index (κ1) is 11.9. The number of aliphatic imine (C=N–C) groups is 1. The van der Waals surface area contributed by atoms with Crippen molar-refractivity contribution in [2.45, 2.75) is 13.8 Å². The zero-order valence-corrected chi connectivity index (χ0v) is 8.43. The highest BCUT2D eigenvalue weighted by Crippen LogP contribution is 2.12. The summed E-state index contributed by atoms with van der Waals surface area (Å²) in [5, 5.41) is 8.69. The van der Waals surface area contributed by atoms with Gasteiger partial charge in [0.2, 0.25) is 0 Å². The standard InChI is InChI=1S/C9H12ClNO2/c1-5(2)6(3)8(9(12)13)11-7(4)10/h5H,3-4H2,1-2H3,(H,12,13)/b11-8+. The second-order valence-corrected chi connectivity index (χ2v) is 3.26. The van der Waals surface area contributed by atoms with E-state index in [2.05, 4.69) is 18.2 Å². The van der Waals surface area contributed by atoms with Crippen LogP contribution in [0.15, 0.2) is 28.9 Å². The lowest BCUT2D eigenvalue weighted by molar-refractivity contribution is -0.129. The van der Waals surface area contributed by atoms with Gasteiger partial charge in [-0.2, -0.15) is 0 Å². The van der Waals surface area contributed by atoms with Crippen molar-refractivity contribution in [3.63, 3.8) is 0 Å². The van der Waals surface area contributed by atoms with Crippen LogP contribution in [0.3, 0.4) is 0 Å². The number of carboxylic acid groups (broad SMARTS) is 1. The van der Waals surface area contributed by atoms with Gasteiger partial charge < -0.3 is 5.11 Å². The van der Waals surface area contributed by atoms with Crippen LogP contribution in [0.25, 0.3) is 0 Å². The van der Waals surface area contributed by atoms with Gasteiger partial charge in [-0.15, -0.1) is 0 Å². The first-order valence-electron chi connectivity index (χ1n) is 3.71. The van der Waals surface area contributed by atoms with Gasteiger partial charge in [0.05, 0.1) is 0 Å². The van der Waals surface area contributed by atoms with Crippen molar-refractivity contribution in [1.82, 2.24) is 0 Å². The van der Waals surface area contributed by atoms with Crippen molar-refractivity contribution in [3.05, 3.63) is 23.9 Å². The van der Waals surface area contributed by atoms with Gasteiger partial charge in [0, 0.05) is 0 Å². The zero-order valence-electron chi connectivity index (χ0n) is 7.67. The van der Waals surface area contributed by atoms with Crippen molar-refractivity contribution >= 4 is 23.3 Å². The van der Waals surface area contributed by atoms with Crippen LogP contribution in [-0.2, 0) is 4.79 Å². The van der Waals surface area contributed by atoms with Gasteiger partial charge in [0.1, 0.15) is 5.16 Å². The number of hydrogen-bond donors (Lipinski definition) is 1. The number of rotatable bonds is 4. The van der Waals surface area contributed by atoms with E-state index < -0.39 is 5.97 Å². The fourth-order valence-electron chi connectivity index (χ4n) is 0.652. The van der Waals surface area contributed by atoms with Gasteiger partial charge in [-0.3, -0.25) is 0 Å². The summed E-state index contributed by atoms with van der Waals surface area (Å²) in [6, 6.07) is 0. The third-order valence-electron chi connectivity index (χ3n) is 1.44. The lowest BCUT2D eigenvalue weighted by Gasteiger charge is -2.08. The van der Waals surface area contributed by atoms with E-state index in [0.717, 1.165) is 0 Å². The van der Waals surface area contributed by atoms with Gasteiger partial charge in [-0.25, -0.2) is 9.79 Å². The average Bonchev–Trinajstić information content (AvgIpc) is 1.97. The molecule has 0 saturated carbocycles. The maximum atomic E-state index is 10.7. The first-order chi connectivity index (χ1) is 5.86. The van der Waals surface area contributed by atoms with Crippen LogP contribution >= 0.6 is 11.6 Å². The highest BCUT2D eigenvalue weighted by atomic mass is 35.5. The summed E-state index contributed by atoms with van der Waals surface area (Å²) in [4.78, 5) is 14.3. The average molecular weight is 202 g/mol. The van der Waals surface area contributed by atoms with Crippen LogP contribution in [-0.4, -0.2) is 16.8 Å². The second-order valence-electron chi connectivity index (χ2n) is 2.82. The Bertz CT molecular complexity index is 279. The van der Waals surface area contributed by atoms with E-state index in [1.54, 1.807) is 0 Å². The molecule has 0 heterocycles. The zero-order chi connectivity index (χ0) is 10.6. The molecule has 0 aromatic carbocycles. The Morgan fingerprint density at radius 2 is 1.92 bits per heavy atom. The number of carbonyl (C=O) groups is 1. The predicted octanol–water partition coefficient (Wildman–Crippen LogP) is 2.43. The molecule has 0 aliphatic rings. The molecule has 0 spiro atoms. The largest absolute Gasteiger partial charge is 0.477 e. The molecule has 0 radical (unpaired) electrons. The predicted molar refractivity (Wildman–Crippen MR) is 54.0 cm³/mol. The molecule has 0 atom stereocenters. The Morgan fingerprint density at radius 1 is 1.46 bits per heavy atom. The van der Waals surface area contributed by atoms with Crippen LogP contribution < -0.4 is 0 Å². The minimum atomic E-state index is -1.14. The van der Waals surface area contributed by atoms with Crippen LogP contribution in [0.5, 0.6) is 0 Å². The summed E-state index contributed by atoms with van der Waals surface area (Å²) in [7, 11) is 0. The maximum absolute atomic E-state index is 10.7. The van der Waals surface area contributed by atoms with Crippen LogP contribution in [0.4, 0.5) is 0 Å². The van der Waals surface area contributed by atoms with Gasteiger partial charge in [0.25, 0.3) is 0 Å². The number of nitrogens with zero attached hydrogens (tertiary/aromatic N) is 1. The lowest BCUT2D eigenvalue weighted by atomic mass is 10.0. The summed E-state index contributed by atoms with van der Waals surface area (Å²) < 4.78 is 0. The number of carboxylic acids is 1. The summed E-state index contributed by atoms with van der Waals surface area (Å²) >= 11 is 5.38. The number of hydrogen-bond acceptors (Lipinski definition) is 2. The molecule has 0 aliphatic heterocycles. The fourth-order valence-corrected chi connectivity index (χ4v) is 0.736.